The van der Waals surface area contributed by atoms with Gasteiger partial charge in [0.2, 0.25) is 5.91 Å². The highest BCUT2D eigenvalue weighted by Gasteiger charge is 2.31. The SMILES string of the molecule is Cc1ccccc1OCCCN(C)C(=O)CN(C)C1CCS(=O)(=O)C1. The van der Waals surface area contributed by atoms with E-state index in [0.29, 0.717) is 19.6 Å². The van der Waals surface area contributed by atoms with Crippen LogP contribution in [0.25, 0.3) is 0 Å². The molecule has 0 spiro atoms. The predicted octanol–water partition coefficient (Wildman–Crippen LogP) is 1.34. The van der Waals surface area contributed by atoms with Gasteiger partial charge in [0.15, 0.2) is 9.84 Å². The summed E-state index contributed by atoms with van der Waals surface area (Å²) in [5.74, 6) is 1.26. The lowest BCUT2D eigenvalue weighted by Crippen LogP contribution is -2.42. The van der Waals surface area contributed by atoms with Crippen molar-refractivity contribution in [2.75, 3.05) is 45.3 Å². The van der Waals surface area contributed by atoms with E-state index >= 15 is 0 Å². The monoisotopic (exact) mass is 368 g/mol. The highest BCUT2D eigenvalue weighted by molar-refractivity contribution is 7.91. The van der Waals surface area contributed by atoms with Crippen LogP contribution in [0, 0.1) is 6.92 Å². The maximum Gasteiger partial charge on any atom is 0.236 e. The molecule has 1 aliphatic rings. The fraction of sp³-hybridized carbons (Fsp3) is 0.611. The third kappa shape index (κ3) is 6.01. The van der Waals surface area contributed by atoms with E-state index < -0.39 is 9.84 Å². The minimum Gasteiger partial charge on any atom is -0.493 e. The van der Waals surface area contributed by atoms with Crippen LogP contribution in [-0.2, 0) is 14.6 Å². The van der Waals surface area contributed by atoms with E-state index in [9.17, 15) is 13.2 Å². The van der Waals surface area contributed by atoms with Gasteiger partial charge in [0.25, 0.3) is 0 Å². The van der Waals surface area contributed by atoms with Crippen LogP contribution in [0.1, 0.15) is 18.4 Å². The summed E-state index contributed by atoms with van der Waals surface area (Å²) in [6.45, 7) is 3.42. The van der Waals surface area contributed by atoms with Gasteiger partial charge in [0, 0.05) is 19.6 Å². The van der Waals surface area contributed by atoms with Crippen LogP contribution in [0.2, 0.25) is 0 Å². The molecule has 1 aromatic rings. The van der Waals surface area contributed by atoms with Crippen molar-refractivity contribution in [3.63, 3.8) is 0 Å². The van der Waals surface area contributed by atoms with Crippen molar-refractivity contribution in [2.45, 2.75) is 25.8 Å². The van der Waals surface area contributed by atoms with Crippen LogP contribution >= 0.6 is 0 Å². The zero-order chi connectivity index (χ0) is 18.4. The van der Waals surface area contributed by atoms with Crippen LogP contribution in [0.5, 0.6) is 5.75 Å². The number of likely N-dealkylation sites (N-methyl/N-ethyl adjacent to an activating group) is 2. The molecule has 6 nitrogen and oxygen atoms in total. The van der Waals surface area contributed by atoms with Crippen LogP contribution < -0.4 is 4.74 Å². The Labute approximate surface area is 150 Å². The molecular formula is C18H28N2O4S. The second-order valence-electron chi connectivity index (χ2n) is 6.75. The Morgan fingerprint density at radius 3 is 2.64 bits per heavy atom. The third-order valence-electron chi connectivity index (χ3n) is 4.63. The second-order valence-corrected chi connectivity index (χ2v) is 8.98. The number of amides is 1. The molecule has 1 unspecified atom stereocenters. The molecule has 0 bridgehead atoms. The summed E-state index contributed by atoms with van der Waals surface area (Å²) in [5, 5.41) is 0. The molecule has 0 N–H and O–H groups in total. The normalized spacial score (nSPS) is 19.1. The van der Waals surface area contributed by atoms with E-state index in [2.05, 4.69) is 0 Å². The second kappa shape index (κ2) is 8.67. The number of para-hydroxylation sites is 1. The number of rotatable bonds is 8. The van der Waals surface area contributed by atoms with Gasteiger partial charge in [0.1, 0.15) is 5.75 Å². The molecule has 1 atom stereocenters. The first-order chi connectivity index (χ1) is 11.8. The smallest absolute Gasteiger partial charge is 0.236 e. The Morgan fingerprint density at radius 1 is 1.28 bits per heavy atom. The van der Waals surface area contributed by atoms with Gasteiger partial charge in [-0.2, -0.15) is 0 Å². The first kappa shape index (κ1) is 19.7. The van der Waals surface area contributed by atoms with Crippen molar-refractivity contribution in [3.8, 4) is 5.75 Å². The standard InChI is InChI=1S/C18H28N2O4S/c1-15-7-4-5-8-17(15)24-11-6-10-19(2)18(21)13-20(3)16-9-12-25(22,23)14-16/h4-5,7-8,16H,6,9-14H2,1-3H3. The number of carbonyl (C=O) groups is 1. The Bertz CT molecular complexity index is 690. The maximum absolute atomic E-state index is 12.3. The molecule has 0 aromatic heterocycles. The van der Waals surface area contributed by atoms with Gasteiger partial charge in [-0.1, -0.05) is 18.2 Å². The number of hydrogen-bond donors (Lipinski definition) is 0. The van der Waals surface area contributed by atoms with Crippen molar-refractivity contribution >= 4 is 15.7 Å². The molecule has 0 radical (unpaired) electrons. The molecule has 1 aliphatic heterocycles. The fourth-order valence-electron chi connectivity index (χ4n) is 2.91. The van der Waals surface area contributed by atoms with E-state index in [1.54, 1.807) is 11.9 Å². The van der Waals surface area contributed by atoms with Crippen molar-refractivity contribution in [1.82, 2.24) is 9.80 Å². The lowest BCUT2D eigenvalue weighted by atomic mass is 10.2. The predicted molar refractivity (Wildman–Crippen MR) is 98.6 cm³/mol. The zero-order valence-corrected chi connectivity index (χ0v) is 16.1. The Kier molecular flexibility index (Phi) is 6.84. The van der Waals surface area contributed by atoms with E-state index in [1.807, 2.05) is 43.1 Å². The highest BCUT2D eigenvalue weighted by Crippen LogP contribution is 2.17. The quantitative estimate of drug-likeness (QED) is 0.648. The van der Waals surface area contributed by atoms with E-state index in [-0.39, 0.29) is 30.0 Å². The van der Waals surface area contributed by atoms with E-state index in [0.717, 1.165) is 17.7 Å². The average Bonchev–Trinajstić information content (AvgIpc) is 2.93. The van der Waals surface area contributed by atoms with Crippen LogP contribution in [-0.4, -0.2) is 75.5 Å². The highest BCUT2D eigenvalue weighted by atomic mass is 32.2. The Hall–Kier alpha value is -1.60. The minimum atomic E-state index is -2.93. The zero-order valence-electron chi connectivity index (χ0n) is 15.3. The van der Waals surface area contributed by atoms with Crippen LogP contribution in [0.3, 0.4) is 0 Å². The summed E-state index contributed by atoms with van der Waals surface area (Å²) in [6.07, 6.45) is 1.36. The largest absolute Gasteiger partial charge is 0.493 e. The van der Waals surface area contributed by atoms with Crippen molar-refractivity contribution in [3.05, 3.63) is 29.8 Å². The van der Waals surface area contributed by atoms with Gasteiger partial charge in [0.05, 0.1) is 24.7 Å². The molecule has 1 amide bonds. The fourth-order valence-corrected chi connectivity index (χ4v) is 4.72. The molecule has 1 heterocycles. The summed E-state index contributed by atoms with van der Waals surface area (Å²) < 4.78 is 28.8. The molecule has 1 aromatic carbocycles. The maximum atomic E-state index is 12.3. The van der Waals surface area contributed by atoms with E-state index in [1.165, 1.54) is 0 Å². The minimum absolute atomic E-state index is 0.00249. The first-order valence-electron chi connectivity index (χ1n) is 8.61. The number of benzene rings is 1. The molecule has 2 rings (SSSR count). The molecule has 25 heavy (non-hydrogen) atoms. The first-order valence-corrected chi connectivity index (χ1v) is 10.4. The van der Waals surface area contributed by atoms with Gasteiger partial charge < -0.3 is 9.64 Å². The van der Waals surface area contributed by atoms with Crippen molar-refractivity contribution < 1.29 is 17.9 Å². The molecule has 7 heteroatoms. The van der Waals surface area contributed by atoms with E-state index in [4.69, 9.17) is 4.74 Å². The molecule has 0 saturated carbocycles. The molecule has 140 valence electrons. The third-order valence-corrected chi connectivity index (χ3v) is 6.38. The van der Waals surface area contributed by atoms with Crippen molar-refractivity contribution in [1.29, 1.82) is 0 Å². The lowest BCUT2D eigenvalue weighted by Gasteiger charge is -2.25. The number of aryl methyl sites for hydroxylation is 1. The number of carbonyl (C=O) groups excluding carboxylic acids is 1. The van der Waals surface area contributed by atoms with Gasteiger partial charge >= 0.3 is 0 Å². The molecule has 0 aliphatic carbocycles. The van der Waals surface area contributed by atoms with Crippen molar-refractivity contribution in [2.24, 2.45) is 0 Å². The summed E-state index contributed by atoms with van der Waals surface area (Å²) in [6, 6.07) is 7.81. The summed E-state index contributed by atoms with van der Waals surface area (Å²) >= 11 is 0. The number of nitrogens with zero attached hydrogens (tertiary/aromatic N) is 2. The summed E-state index contributed by atoms with van der Waals surface area (Å²) in [5.41, 5.74) is 1.10. The van der Waals surface area contributed by atoms with Crippen LogP contribution in [0.15, 0.2) is 24.3 Å². The summed E-state index contributed by atoms with van der Waals surface area (Å²) in [7, 11) is 0.664. The molecule has 1 fully saturated rings. The lowest BCUT2D eigenvalue weighted by molar-refractivity contribution is -0.131. The number of ether oxygens (including phenoxy) is 1. The Morgan fingerprint density at radius 2 is 2.00 bits per heavy atom. The number of sulfone groups is 1. The average molecular weight is 368 g/mol. The van der Waals surface area contributed by atoms with Gasteiger partial charge in [-0.15, -0.1) is 0 Å². The number of hydrogen-bond acceptors (Lipinski definition) is 5. The summed E-state index contributed by atoms with van der Waals surface area (Å²) in [4.78, 5) is 15.8. The van der Waals surface area contributed by atoms with Gasteiger partial charge in [-0.05, 0) is 38.4 Å². The topological polar surface area (TPSA) is 66.9 Å². The molecule has 1 saturated heterocycles. The molecular weight excluding hydrogens is 340 g/mol. The van der Waals surface area contributed by atoms with Crippen LogP contribution in [0.4, 0.5) is 0 Å². The Balaban J connectivity index is 1.69. The van der Waals surface area contributed by atoms with Gasteiger partial charge in [-0.3, -0.25) is 9.69 Å². The van der Waals surface area contributed by atoms with Gasteiger partial charge in [-0.25, -0.2) is 8.42 Å².